The van der Waals surface area contributed by atoms with Gasteiger partial charge in [-0.25, -0.2) is 4.39 Å². The van der Waals surface area contributed by atoms with Crippen molar-refractivity contribution in [2.24, 2.45) is 0 Å². The van der Waals surface area contributed by atoms with Gasteiger partial charge in [-0.2, -0.15) is 13.2 Å². The van der Waals surface area contributed by atoms with E-state index >= 15 is 0 Å². The maximum atomic E-state index is 13.4. The molecule has 0 saturated heterocycles. The van der Waals surface area contributed by atoms with Crippen LogP contribution in [0.4, 0.5) is 17.6 Å². The molecule has 1 fully saturated rings. The number of benzene rings is 1. The van der Waals surface area contributed by atoms with Crippen LogP contribution in [0.2, 0.25) is 0 Å². The Morgan fingerprint density at radius 2 is 1.80 bits per heavy atom. The summed E-state index contributed by atoms with van der Waals surface area (Å²) in [6, 6.07) is 2.78. The molecule has 0 amide bonds. The first-order valence-corrected chi connectivity index (χ1v) is 4.70. The first-order chi connectivity index (χ1) is 6.83. The van der Waals surface area contributed by atoms with Gasteiger partial charge in [0.05, 0.1) is 5.56 Å². The van der Waals surface area contributed by atoms with Crippen molar-refractivity contribution < 1.29 is 17.6 Å². The lowest BCUT2D eigenvalue weighted by atomic mass is 9.96. The van der Waals surface area contributed by atoms with Gasteiger partial charge in [0.25, 0.3) is 0 Å². The molecule has 0 nitrogen and oxygen atoms in total. The monoisotopic (exact) mass is 218 g/mol. The Kier molecular flexibility index (Phi) is 2.07. The SMILES string of the molecule is CC1(c2ccc(C(F)(F)F)cc2F)CC1. The largest absolute Gasteiger partial charge is 0.416 e. The van der Waals surface area contributed by atoms with Crippen molar-refractivity contribution >= 4 is 0 Å². The summed E-state index contributed by atoms with van der Waals surface area (Å²) in [5.41, 5.74) is -0.766. The van der Waals surface area contributed by atoms with Crippen LogP contribution < -0.4 is 0 Å². The van der Waals surface area contributed by atoms with Crippen LogP contribution in [0.3, 0.4) is 0 Å². The second kappa shape index (κ2) is 2.97. The minimum absolute atomic E-state index is 0.242. The van der Waals surface area contributed by atoms with Crippen molar-refractivity contribution in [1.82, 2.24) is 0 Å². The molecule has 1 aliphatic carbocycles. The quantitative estimate of drug-likeness (QED) is 0.627. The average Bonchev–Trinajstić information content (AvgIpc) is 2.82. The van der Waals surface area contributed by atoms with Gasteiger partial charge in [0.15, 0.2) is 0 Å². The maximum absolute atomic E-state index is 13.4. The van der Waals surface area contributed by atoms with Crippen molar-refractivity contribution in [3.8, 4) is 0 Å². The molecule has 0 heterocycles. The van der Waals surface area contributed by atoms with Gasteiger partial charge in [-0.05, 0) is 36.0 Å². The van der Waals surface area contributed by atoms with Gasteiger partial charge >= 0.3 is 6.18 Å². The van der Waals surface area contributed by atoms with Gasteiger partial charge in [0.1, 0.15) is 5.82 Å². The molecule has 1 aromatic rings. The maximum Gasteiger partial charge on any atom is 0.416 e. The minimum atomic E-state index is -4.47. The standard InChI is InChI=1S/C11H10F4/c1-10(4-5-10)8-3-2-7(6-9(8)12)11(13,14)15/h2-3,6H,4-5H2,1H3. The summed E-state index contributed by atoms with van der Waals surface area (Å²) >= 11 is 0. The topological polar surface area (TPSA) is 0 Å². The summed E-state index contributed by atoms with van der Waals surface area (Å²) < 4.78 is 50.2. The number of halogens is 4. The molecule has 0 radical (unpaired) electrons. The van der Waals surface area contributed by atoms with E-state index in [1.54, 1.807) is 0 Å². The highest BCUT2D eigenvalue weighted by Crippen LogP contribution is 2.48. The smallest absolute Gasteiger partial charge is 0.207 e. The lowest BCUT2D eigenvalue weighted by Gasteiger charge is -2.12. The van der Waals surface area contributed by atoms with Crippen LogP contribution >= 0.6 is 0 Å². The fourth-order valence-electron chi connectivity index (χ4n) is 1.64. The van der Waals surface area contributed by atoms with Crippen molar-refractivity contribution in [2.45, 2.75) is 31.4 Å². The van der Waals surface area contributed by atoms with E-state index in [4.69, 9.17) is 0 Å². The van der Waals surface area contributed by atoms with Crippen LogP contribution in [0.5, 0.6) is 0 Å². The Bertz CT molecular complexity index is 388. The van der Waals surface area contributed by atoms with E-state index in [2.05, 4.69) is 0 Å². The molecule has 0 bridgehead atoms. The molecule has 0 unspecified atom stereocenters. The average molecular weight is 218 g/mol. The molecular weight excluding hydrogens is 208 g/mol. The number of alkyl halides is 3. The van der Waals surface area contributed by atoms with Crippen LogP contribution in [0.1, 0.15) is 30.9 Å². The molecule has 1 aromatic carbocycles. The Labute approximate surface area is 84.9 Å². The molecule has 1 saturated carbocycles. The predicted octanol–water partition coefficient (Wildman–Crippen LogP) is 3.90. The Morgan fingerprint density at radius 1 is 1.20 bits per heavy atom. The zero-order valence-corrected chi connectivity index (χ0v) is 8.16. The fraction of sp³-hybridized carbons (Fsp3) is 0.455. The second-order valence-corrected chi connectivity index (χ2v) is 4.25. The van der Waals surface area contributed by atoms with Gasteiger partial charge in [-0.3, -0.25) is 0 Å². The molecule has 1 aliphatic rings. The van der Waals surface area contributed by atoms with Crippen LogP contribution in [-0.2, 0) is 11.6 Å². The summed E-state index contributed by atoms with van der Waals surface area (Å²) in [7, 11) is 0. The van der Waals surface area contributed by atoms with E-state index in [1.165, 1.54) is 6.07 Å². The van der Waals surface area contributed by atoms with Gasteiger partial charge in [0, 0.05) is 0 Å². The Morgan fingerprint density at radius 3 is 2.20 bits per heavy atom. The lowest BCUT2D eigenvalue weighted by molar-refractivity contribution is -0.137. The highest BCUT2D eigenvalue weighted by molar-refractivity contribution is 5.35. The third-order valence-corrected chi connectivity index (χ3v) is 2.95. The molecule has 82 valence electrons. The van der Waals surface area contributed by atoms with Crippen molar-refractivity contribution in [1.29, 1.82) is 0 Å². The zero-order chi connectivity index (χ0) is 11.3. The molecule has 0 aromatic heterocycles. The summed E-state index contributed by atoms with van der Waals surface area (Å²) in [5, 5.41) is 0. The number of rotatable bonds is 1. The van der Waals surface area contributed by atoms with Gasteiger partial charge in [-0.15, -0.1) is 0 Å². The van der Waals surface area contributed by atoms with Gasteiger partial charge < -0.3 is 0 Å². The highest BCUT2D eigenvalue weighted by atomic mass is 19.4. The van der Waals surface area contributed by atoms with Gasteiger partial charge in [0.2, 0.25) is 0 Å². The van der Waals surface area contributed by atoms with Crippen LogP contribution in [-0.4, -0.2) is 0 Å². The van der Waals surface area contributed by atoms with Crippen LogP contribution in [0, 0.1) is 5.82 Å². The van der Waals surface area contributed by atoms with E-state index in [-0.39, 0.29) is 5.41 Å². The number of hydrogen-bond donors (Lipinski definition) is 0. The third kappa shape index (κ3) is 1.85. The number of hydrogen-bond acceptors (Lipinski definition) is 0. The van der Waals surface area contributed by atoms with E-state index in [9.17, 15) is 17.6 Å². The molecule has 4 heteroatoms. The molecule has 0 atom stereocenters. The first kappa shape index (κ1) is 10.5. The molecule has 0 N–H and O–H groups in total. The summed E-state index contributed by atoms with van der Waals surface area (Å²) in [5.74, 6) is -0.746. The Hall–Kier alpha value is -1.06. The van der Waals surface area contributed by atoms with E-state index in [1.807, 2.05) is 6.92 Å². The van der Waals surface area contributed by atoms with Crippen LogP contribution in [0.15, 0.2) is 18.2 Å². The van der Waals surface area contributed by atoms with E-state index in [0.29, 0.717) is 11.6 Å². The summed E-state index contributed by atoms with van der Waals surface area (Å²) in [6.45, 7) is 1.86. The van der Waals surface area contributed by atoms with Crippen molar-refractivity contribution in [3.63, 3.8) is 0 Å². The second-order valence-electron chi connectivity index (χ2n) is 4.25. The summed E-state index contributed by atoms with van der Waals surface area (Å²) in [4.78, 5) is 0. The third-order valence-electron chi connectivity index (χ3n) is 2.95. The van der Waals surface area contributed by atoms with Gasteiger partial charge in [-0.1, -0.05) is 13.0 Å². The minimum Gasteiger partial charge on any atom is -0.207 e. The first-order valence-electron chi connectivity index (χ1n) is 4.70. The molecule has 0 spiro atoms. The van der Waals surface area contributed by atoms with E-state index < -0.39 is 17.6 Å². The zero-order valence-electron chi connectivity index (χ0n) is 8.16. The lowest BCUT2D eigenvalue weighted by Crippen LogP contribution is -2.09. The predicted molar refractivity (Wildman–Crippen MR) is 48.0 cm³/mol. The molecular formula is C11H10F4. The normalized spacial score (nSPS) is 19.0. The van der Waals surface area contributed by atoms with Crippen LogP contribution in [0.25, 0.3) is 0 Å². The summed E-state index contributed by atoms with van der Waals surface area (Å²) in [6.07, 6.45) is -2.78. The highest BCUT2D eigenvalue weighted by Gasteiger charge is 2.42. The Balaban J connectivity index is 2.40. The molecule has 0 aliphatic heterocycles. The van der Waals surface area contributed by atoms with E-state index in [0.717, 1.165) is 18.9 Å². The molecule has 2 rings (SSSR count). The van der Waals surface area contributed by atoms with Crippen molar-refractivity contribution in [2.75, 3.05) is 0 Å². The molecule has 15 heavy (non-hydrogen) atoms. The van der Waals surface area contributed by atoms with Crippen molar-refractivity contribution in [3.05, 3.63) is 35.1 Å². The fourth-order valence-corrected chi connectivity index (χ4v) is 1.64.